The molecule has 11 heteroatoms. The van der Waals surface area contributed by atoms with Gasteiger partial charge in [0.25, 0.3) is 0 Å². The number of aliphatic hydroxyl groups is 1. The van der Waals surface area contributed by atoms with Gasteiger partial charge in [-0.25, -0.2) is 18.5 Å². The molecule has 3 saturated heterocycles. The highest BCUT2D eigenvalue weighted by Gasteiger charge is 2.49. The van der Waals surface area contributed by atoms with Crippen LogP contribution in [0.25, 0.3) is 11.3 Å². The Bertz CT molecular complexity index is 1280. The van der Waals surface area contributed by atoms with Crippen molar-refractivity contribution >= 4 is 38.6 Å². The quantitative estimate of drug-likeness (QED) is 0.665. The van der Waals surface area contributed by atoms with Crippen molar-refractivity contribution < 1.29 is 23.5 Å². The molecule has 0 aliphatic carbocycles. The van der Waals surface area contributed by atoms with Gasteiger partial charge in [-0.1, -0.05) is 23.7 Å². The molecule has 0 saturated carbocycles. The number of rotatable bonds is 3. The number of benzene rings is 1. The predicted molar refractivity (Wildman–Crippen MR) is 134 cm³/mol. The summed E-state index contributed by atoms with van der Waals surface area (Å²) in [4.78, 5) is 11.6. The molecular formula is C24H27ClN4O5S. The Morgan fingerprint density at radius 1 is 1.17 bits per heavy atom. The van der Waals surface area contributed by atoms with Crippen LogP contribution in [0.4, 0.5) is 11.4 Å². The van der Waals surface area contributed by atoms with E-state index in [1.165, 1.54) is 0 Å². The first-order valence-corrected chi connectivity index (χ1v) is 14.0. The summed E-state index contributed by atoms with van der Waals surface area (Å²) in [6, 6.07) is 9.95. The lowest BCUT2D eigenvalue weighted by Crippen LogP contribution is -2.40. The van der Waals surface area contributed by atoms with Gasteiger partial charge in [-0.05, 0) is 18.2 Å². The molecule has 6 rings (SSSR count). The number of hydrogen-bond acceptors (Lipinski definition) is 9. The first-order chi connectivity index (χ1) is 16.9. The summed E-state index contributed by atoms with van der Waals surface area (Å²) in [5, 5.41) is 10.5. The Kier molecular flexibility index (Phi) is 5.96. The van der Waals surface area contributed by atoms with E-state index in [1.807, 2.05) is 30.3 Å². The van der Waals surface area contributed by atoms with Crippen LogP contribution in [0.15, 0.2) is 39.7 Å². The molecule has 1 aromatic carbocycles. The van der Waals surface area contributed by atoms with Gasteiger partial charge >= 0.3 is 0 Å². The standard InChI is InChI=1S/C24H27ClN4O5S/c1-26-35(31)8-6-29(7-9-35)15-4-2-14(3-5-15)22-16(25)10-17-18(28-22)11-21(27-17)34-20-13-33-23-19(30)12-32-24(20)23/h2-5,10,19-20,23-24,30H,6-9,11-13H2,1H3/t19-,20-,23-,24-/m1/s1. The fraction of sp³-hybridized carbons (Fsp3) is 0.500. The van der Waals surface area contributed by atoms with E-state index in [0.717, 1.165) is 30.0 Å². The molecule has 9 nitrogen and oxygen atoms in total. The molecule has 0 unspecified atom stereocenters. The lowest BCUT2D eigenvalue weighted by molar-refractivity contribution is 0.00558. The third-order valence-electron chi connectivity index (χ3n) is 7.06. The summed E-state index contributed by atoms with van der Waals surface area (Å²) in [5.41, 5.74) is 4.21. The number of halogens is 1. The highest BCUT2D eigenvalue weighted by molar-refractivity contribution is 7.93. The Labute approximate surface area is 209 Å². The van der Waals surface area contributed by atoms with Gasteiger partial charge in [0.1, 0.15) is 18.3 Å². The smallest absolute Gasteiger partial charge is 0.195 e. The Morgan fingerprint density at radius 3 is 2.66 bits per heavy atom. The van der Waals surface area contributed by atoms with E-state index in [1.54, 1.807) is 7.05 Å². The van der Waals surface area contributed by atoms with Crippen molar-refractivity contribution in [3.63, 3.8) is 0 Å². The van der Waals surface area contributed by atoms with E-state index in [2.05, 4.69) is 14.3 Å². The summed E-state index contributed by atoms with van der Waals surface area (Å²) < 4.78 is 33.9. The third kappa shape index (κ3) is 4.31. The van der Waals surface area contributed by atoms with E-state index in [0.29, 0.717) is 46.8 Å². The van der Waals surface area contributed by atoms with Crippen molar-refractivity contribution in [3.05, 3.63) is 41.0 Å². The van der Waals surface area contributed by atoms with Crippen LogP contribution in [0.1, 0.15) is 5.69 Å². The number of aliphatic hydroxyl groups excluding tert-OH is 1. The molecule has 0 bridgehead atoms. The molecule has 4 aliphatic rings. The zero-order chi connectivity index (χ0) is 24.2. The zero-order valence-electron chi connectivity index (χ0n) is 19.3. The minimum Gasteiger partial charge on any atom is -0.472 e. The van der Waals surface area contributed by atoms with E-state index in [4.69, 9.17) is 30.8 Å². The molecule has 0 amide bonds. The number of fused-ring (bicyclic) bond motifs is 2. The minimum atomic E-state index is -2.04. The van der Waals surface area contributed by atoms with Crippen LogP contribution in [-0.2, 0) is 30.4 Å². The first kappa shape index (κ1) is 23.2. The molecule has 0 radical (unpaired) electrons. The lowest BCUT2D eigenvalue weighted by atomic mass is 10.1. The fourth-order valence-electron chi connectivity index (χ4n) is 5.04. The molecule has 5 heterocycles. The van der Waals surface area contributed by atoms with Gasteiger partial charge in [0.15, 0.2) is 12.0 Å². The van der Waals surface area contributed by atoms with Gasteiger partial charge in [-0.3, -0.25) is 0 Å². The highest BCUT2D eigenvalue weighted by atomic mass is 35.5. The summed E-state index contributed by atoms with van der Waals surface area (Å²) in [6.07, 6.45) is -1.09. The Balaban J connectivity index is 1.14. The van der Waals surface area contributed by atoms with Crippen LogP contribution < -0.4 is 4.90 Å². The maximum atomic E-state index is 12.4. The van der Waals surface area contributed by atoms with Crippen molar-refractivity contribution in [3.8, 4) is 11.3 Å². The summed E-state index contributed by atoms with van der Waals surface area (Å²) in [6.45, 7) is 2.07. The average molecular weight is 519 g/mol. The Hall–Kier alpha value is -2.24. The largest absolute Gasteiger partial charge is 0.472 e. The summed E-state index contributed by atoms with van der Waals surface area (Å²) in [5.74, 6) is 1.74. The number of anilines is 1. The van der Waals surface area contributed by atoms with Crippen LogP contribution in [-0.4, -0.2) is 89.5 Å². The van der Waals surface area contributed by atoms with Crippen LogP contribution in [0.2, 0.25) is 5.02 Å². The minimum absolute atomic E-state index is 0.258. The van der Waals surface area contributed by atoms with Gasteiger partial charge in [-0.2, -0.15) is 0 Å². The second-order valence-corrected chi connectivity index (χ2v) is 12.3. The second-order valence-electron chi connectivity index (χ2n) is 9.18. The second kappa shape index (κ2) is 9.01. The molecule has 35 heavy (non-hydrogen) atoms. The Morgan fingerprint density at radius 2 is 1.91 bits per heavy atom. The number of ether oxygens (including phenoxy) is 3. The van der Waals surface area contributed by atoms with Crippen molar-refractivity contribution in [1.29, 1.82) is 0 Å². The monoisotopic (exact) mass is 518 g/mol. The predicted octanol–water partition coefficient (Wildman–Crippen LogP) is 2.45. The SMILES string of the molecule is CN=S1(=O)CCN(c2ccc(-c3nc4c(cc3Cl)N=C(O[C@@H]3CO[C@H]5[C@@H]3OC[C@H]5O)C4)cc2)CC1. The van der Waals surface area contributed by atoms with E-state index in [-0.39, 0.29) is 24.9 Å². The molecule has 186 valence electrons. The van der Waals surface area contributed by atoms with Crippen molar-refractivity contribution in [2.45, 2.75) is 30.8 Å². The maximum Gasteiger partial charge on any atom is 0.195 e. The fourth-order valence-corrected chi connectivity index (χ4v) is 6.88. The normalized spacial score (nSPS) is 29.0. The van der Waals surface area contributed by atoms with Crippen molar-refractivity contribution in [1.82, 2.24) is 4.98 Å². The zero-order valence-corrected chi connectivity index (χ0v) is 20.9. The molecule has 1 N–H and O–H groups in total. The number of aromatic nitrogens is 1. The van der Waals surface area contributed by atoms with E-state index < -0.39 is 15.8 Å². The van der Waals surface area contributed by atoms with E-state index in [9.17, 15) is 9.32 Å². The first-order valence-electron chi connectivity index (χ1n) is 11.7. The molecular weight excluding hydrogens is 492 g/mol. The van der Waals surface area contributed by atoms with Crippen molar-refractivity contribution in [2.24, 2.45) is 9.36 Å². The summed E-state index contributed by atoms with van der Waals surface area (Å²) >= 11 is 6.59. The van der Waals surface area contributed by atoms with Crippen LogP contribution in [0.5, 0.6) is 0 Å². The maximum absolute atomic E-state index is 12.4. The van der Waals surface area contributed by atoms with Gasteiger partial charge in [0.05, 0.1) is 41.7 Å². The number of hydrogen-bond donors (Lipinski definition) is 1. The molecule has 1 aromatic heterocycles. The van der Waals surface area contributed by atoms with Gasteiger partial charge < -0.3 is 24.2 Å². The topological polar surface area (TPSA) is 106 Å². The van der Waals surface area contributed by atoms with Gasteiger partial charge in [0.2, 0.25) is 0 Å². The molecule has 4 aliphatic heterocycles. The van der Waals surface area contributed by atoms with Gasteiger partial charge in [-0.15, -0.1) is 0 Å². The van der Waals surface area contributed by atoms with Gasteiger partial charge in [0, 0.05) is 52.6 Å². The van der Waals surface area contributed by atoms with E-state index >= 15 is 0 Å². The number of pyridine rings is 1. The third-order valence-corrected chi connectivity index (χ3v) is 9.66. The summed E-state index contributed by atoms with van der Waals surface area (Å²) in [7, 11) is -0.394. The van der Waals surface area contributed by atoms with Crippen LogP contribution in [0.3, 0.4) is 0 Å². The average Bonchev–Trinajstić information content (AvgIpc) is 3.56. The van der Waals surface area contributed by atoms with Crippen LogP contribution in [0, 0.1) is 0 Å². The molecule has 3 fully saturated rings. The number of nitrogens with zero attached hydrogens (tertiary/aromatic N) is 4. The number of aliphatic imine (C=N–C) groups is 1. The van der Waals surface area contributed by atoms with Crippen LogP contribution >= 0.6 is 11.6 Å². The van der Waals surface area contributed by atoms with Crippen molar-refractivity contribution in [2.75, 3.05) is 49.8 Å². The molecule has 0 spiro atoms. The molecule has 2 aromatic rings. The molecule has 4 atom stereocenters. The lowest BCUT2D eigenvalue weighted by Gasteiger charge is -2.30. The highest BCUT2D eigenvalue weighted by Crippen LogP contribution is 2.37.